The molecule has 2 aromatic carbocycles. The lowest BCUT2D eigenvalue weighted by atomic mass is 9.74. The molecule has 2 aromatic rings. The van der Waals surface area contributed by atoms with E-state index in [1.54, 1.807) is 18.2 Å². The number of likely N-dealkylation sites (tertiary alicyclic amines) is 1. The number of carbonyl (C=O) groups excluding carboxylic acids is 3. The number of para-hydroxylation sites is 1. The van der Waals surface area contributed by atoms with Gasteiger partial charge in [-0.1, -0.05) is 54.6 Å². The van der Waals surface area contributed by atoms with Gasteiger partial charge in [0.2, 0.25) is 11.8 Å². The highest BCUT2D eigenvalue weighted by Crippen LogP contribution is 2.36. The highest BCUT2D eigenvalue weighted by molar-refractivity contribution is 5.97. The second-order valence-corrected chi connectivity index (χ2v) is 9.58. The lowest BCUT2D eigenvalue weighted by molar-refractivity contribution is -0.134. The fourth-order valence-electron chi connectivity index (χ4n) is 4.90. The Hall–Kier alpha value is -3.65. The van der Waals surface area contributed by atoms with E-state index in [-0.39, 0.29) is 36.9 Å². The Labute approximate surface area is 211 Å². The predicted molar refractivity (Wildman–Crippen MR) is 137 cm³/mol. The summed E-state index contributed by atoms with van der Waals surface area (Å²) >= 11 is 0. The molecule has 1 atom stereocenters. The van der Waals surface area contributed by atoms with Gasteiger partial charge in [-0.25, -0.2) is 0 Å². The second kappa shape index (κ2) is 11.9. The third-order valence-corrected chi connectivity index (χ3v) is 6.99. The number of nitrogens with two attached hydrogens (primary N) is 1. The van der Waals surface area contributed by atoms with Crippen LogP contribution in [0, 0.1) is 5.41 Å². The van der Waals surface area contributed by atoms with E-state index in [4.69, 9.17) is 10.5 Å². The van der Waals surface area contributed by atoms with Gasteiger partial charge in [0.05, 0.1) is 23.6 Å². The van der Waals surface area contributed by atoms with Crippen LogP contribution in [0.1, 0.15) is 35.2 Å². The molecule has 36 heavy (non-hydrogen) atoms. The third kappa shape index (κ3) is 6.51. The summed E-state index contributed by atoms with van der Waals surface area (Å²) in [6.07, 6.45) is 6.27. The van der Waals surface area contributed by atoms with Crippen molar-refractivity contribution in [2.24, 2.45) is 11.1 Å². The fourth-order valence-corrected chi connectivity index (χ4v) is 4.90. The quantitative estimate of drug-likeness (QED) is 0.568. The Morgan fingerprint density at radius 1 is 1.03 bits per heavy atom. The van der Waals surface area contributed by atoms with Crippen LogP contribution in [0.25, 0.3) is 0 Å². The Morgan fingerprint density at radius 3 is 2.50 bits per heavy atom. The number of carbonyl (C=O) groups is 3. The summed E-state index contributed by atoms with van der Waals surface area (Å²) in [6.45, 7) is 2.02. The van der Waals surface area contributed by atoms with Gasteiger partial charge in [0, 0.05) is 6.54 Å². The molecule has 8 nitrogen and oxygen atoms in total. The van der Waals surface area contributed by atoms with E-state index in [0.717, 1.165) is 5.56 Å². The monoisotopic (exact) mass is 490 g/mol. The first-order valence-electron chi connectivity index (χ1n) is 12.5. The number of hydrogen-bond acceptors (Lipinski definition) is 5. The van der Waals surface area contributed by atoms with Gasteiger partial charge >= 0.3 is 0 Å². The van der Waals surface area contributed by atoms with Crippen molar-refractivity contribution >= 4 is 17.7 Å². The summed E-state index contributed by atoms with van der Waals surface area (Å²) in [6, 6.07) is 16.8. The van der Waals surface area contributed by atoms with Crippen LogP contribution < -0.4 is 21.1 Å². The number of allylic oxidation sites excluding steroid dienone is 1. The molecular formula is C28H34N4O4. The van der Waals surface area contributed by atoms with Crippen molar-refractivity contribution in [3.8, 4) is 5.75 Å². The van der Waals surface area contributed by atoms with Crippen LogP contribution in [0.2, 0.25) is 0 Å². The molecule has 3 amide bonds. The highest BCUT2D eigenvalue weighted by Gasteiger charge is 2.41. The lowest BCUT2D eigenvalue weighted by Gasteiger charge is -2.40. The molecule has 8 heteroatoms. The lowest BCUT2D eigenvalue weighted by Crippen LogP contribution is -2.54. The molecule has 0 radical (unpaired) electrons. The third-order valence-electron chi connectivity index (χ3n) is 6.99. The molecule has 4 rings (SSSR count). The first-order valence-corrected chi connectivity index (χ1v) is 12.5. The SMILES string of the molecule is NC(=O)CN1CCC2(C/C=C/COc3ccccc3C(=O)NC[C@@H](Cc3ccccc3)NC2=O)CC1. The Morgan fingerprint density at radius 2 is 1.75 bits per heavy atom. The zero-order chi connectivity index (χ0) is 25.4. The smallest absolute Gasteiger partial charge is 0.255 e. The largest absolute Gasteiger partial charge is 0.489 e. The van der Waals surface area contributed by atoms with Crippen molar-refractivity contribution in [2.75, 3.05) is 32.8 Å². The Balaban J connectivity index is 1.59. The van der Waals surface area contributed by atoms with Gasteiger partial charge in [-0.05, 0) is 56.5 Å². The number of ether oxygens (including phenoxy) is 1. The zero-order valence-corrected chi connectivity index (χ0v) is 20.4. The summed E-state index contributed by atoms with van der Waals surface area (Å²) in [7, 11) is 0. The number of nitrogens with one attached hydrogen (secondary N) is 2. The molecule has 2 aliphatic rings. The fraction of sp³-hybridized carbons (Fsp3) is 0.393. The van der Waals surface area contributed by atoms with Gasteiger partial charge in [0.25, 0.3) is 5.91 Å². The first kappa shape index (κ1) is 25.4. The van der Waals surface area contributed by atoms with Crippen LogP contribution in [-0.4, -0.2) is 61.4 Å². The molecule has 0 unspecified atom stereocenters. The number of piperidine rings is 1. The summed E-state index contributed by atoms with van der Waals surface area (Å²) in [5, 5.41) is 6.24. The minimum absolute atomic E-state index is 0.0283. The molecule has 0 aromatic heterocycles. The molecule has 0 aliphatic carbocycles. The maximum Gasteiger partial charge on any atom is 0.255 e. The van der Waals surface area contributed by atoms with Crippen molar-refractivity contribution in [2.45, 2.75) is 31.7 Å². The van der Waals surface area contributed by atoms with Crippen LogP contribution in [0.5, 0.6) is 5.75 Å². The molecule has 0 bridgehead atoms. The maximum atomic E-state index is 13.8. The van der Waals surface area contributed by atoms with Gasteiger partial charge in [-0.3, -0.25) is 19.3 Å². The molecule has 2 heterocycles. The second-order valence-electron chi connectivity index (χ2n) is 9.58. The standard InChI is InChI=1S/C28H34N4O4/c29-25(33)20-32-15-13-28(14-16-32)12-6-7-17-36-24-11-5-4-10-23(24)26(34)30-19-22(31-27(28)35)18-21-8-2-1-3-9-21/h1-11,22H,12-20H2,(H2,29,33)(H,30,34)(H,31,35)/b7-6+/t22-/m1/s1. The zero-order valence-electron chi connectivity index (χ0n) is 20.4. The topological polar surface area (TPSA) is 114 Å². The predicted octanol–water partition coefficient (Wildman–Crippen LogP) is 2.05. The van der Waals surface area contributed by atoms with Crippen LogP contribution in [0.15, 0.2) is 66.7 Å². The van der Waals surface area contributed by atoms with Crippen molar-refractivity contribution in [3.05, 3.63) is 77.9 Å². The van der Waals surface area contributed by atoms with E-state index in [9.17, 15) is 14.4 Å². The van der Waals surface area contributed by atoms with Crippen LogP contribution in [-0.2, 0) is 16.0 Å². The van der Waals surface area contributed by atoms with Crippen molar-refractivity contribution in [1.82, 2.24) is 15.5 Å². The van der Waals surface area contributed by atoms with Crippen molar-refractivity contribution < 1.29 is 19.1 Å². The molecule has 1 spiro atoms. The van der Waals surface area contributed by atoms with Crippen molar-refractivity contribution in [1.29, 1.82) is 0 Å². The van der Waals surface area contributed by atoms with Gasteiger partial charge in [-0.2, -0.15) is 0 Å². The van der Waals surface area contributed by atoms with Crippen LogP contribution in [0.3, 0.4) is 0 Å². The van der Waals surface area contributed by atoms with E-state index in [2.05, 4.69) is 10.6 Å². The van der Waals surface area contributed by atoms with Gasteiger partial charge in [0.15, 0.2) is 0 Å². The Bertz CT molecular complexity index is 1090. The van der Waals surface area contributed by atoms with Gasteiger partial charge < -0.3 is 21.1 Å². The maximum absolute atomic E-state index is 13.8. The number of amides is 3. The van der Waals surface area contributed by atoms with Crippen LogP contribution >= 0.6 is 0 Å². The van der Waals surface area contributed by atoms with Crippen LogP contribution in [0.4, 0.5) is 0 Å². The molecule has 4 N–H and O–H groups in total. The summed E-state index contributed by atoms with van der Waals surface area (Å²) < 4.78 is 5.88. The molecule has 190 valence electrons. The summed E-state index contributed by atoms with van der Waals surface area (Å²) in [5.41, 5.74) is 6.32. The molecule has 2 aliphatic heterocycles. The van der Waals surface area contributed by atoms with Gasteiger partial charge in [0.1, 0.15) is 12.4 Å². The molecular weight excluding hydrogens is 456 g/mol. The van der Waals surface area contributed by atoms with E-state index in [1.165, 1.54) is 0 Å². The number of hydrogen-bond donors (Lipinski definition) is 3. The Kier molecular flexibility index (Phi) is 8.38. The molecule has 0 saturated carbocycles. The number of fused-ring (bicyclic) bond motifs is 1. The number of benzene rings is 2. The average molecular weight is 491 g/mol. The van der Waals surface area contributed by atoms with Gasteiger partial charge in [-0.15, -0.1) is 0 Å². The molecule has 1 saturated heterocycles. The van der Waals surface area contributed by atoms with E-state index in [1.807, 2.05) is 53.5 Å². The minimum atomic E-state index is -0.606. The van der Waals surface area contributed by atoms with E-state index in [0.29, 0.717) is 56.7 Å². The number of nitrogens with zero attached hydrogens (tertiary/aromatic N) is 1. The number of primary amides is 1. The summed E-state index contributed by atoms with van der Waals surface area (Å²) in [4.78, 5) is 40.2. The van der Waals surface area contributed by atoms with E-state index < -0.39 is 5.41 Å². The average Bonchev–Trinajstić information content (AvgIpc) is 2.88. The first-order chi connectivity index (χ1) is 17.4. The van der Waals surface area contributed by atoms with Crippen molar-refractivity contribution in [3.63, 3.8) is 0 Å². The molecule has 1 fully saturated rings. The number of rotatable bonds is 4. The summed E-state index contributed by atoms with van der Waals surface area (Å²) in [5.74, 6) is -0.111. The normalized spacial score (nSPS) is 21.8. The van der Waals surface area contributed by atoms with E-state index >= 15 is 0 Å². The highest BCUT2D eigenvalue weighted by atomic mass is 16.5. The minimum Gasteiger partial charge on any atom is -0.489 e.